The molecule has 0 spiro atoms. The number of hydrogen-bond acceptors (Lipinski definition) is 3. The first-order valence-corrected chi connectivity index (χ1v) is 8.17. The molecule has 0 aromatic rings. The molecule has 0 unspecified atom stereocenters. The number of rotatable bonds is 5. The van der Waals surface area contributed by atoms with E-state index in [1.807, 2.05) is 0 Å². The summed E-state index contributed by atoms with van der Waals surface area (Å²) in [6.45, 7) is 10.7. The molecule has 0 aromatic carbocycles. The molecule has 0 aromatic heterocycles. The zero-order valence-electron chi connectivity index (χ0n) is 14.2. The lowest BCUT2D eigenvalue weighted by Gasteiger charge is -2.37. The third-order valence-electron chi connectivity index (χ3n) is 2.86. The molecule has 8 heteroatoms. The quantitative estimate of drug-likeness (QED) is 0.776. The average Bonchev–Trinajstić information content (AvgIpc) is 2.22. The average molecular weight is 345 g/mol. The van der Waals surface area contributed by atoms with Crippen LogP contribution < -0.4 is 4.72 Å². The second-order valence-electron chi connectivity index (χ2n) is 7.18. The van der Waals surface area contributed by atoms with Crippen molar-refractivity contribution in [2.45, 2.75) is 83.4 Å². The van der Waals surface area contributed by atoms with Gasteiger partial charge in [0.2, 0.25) is 0 Å². The van der Waals surface area contributed by atoms with E-state index < -0.39 is 51.9 Å². The molecule has 22 heavy (non-hydrogen) atoms. The van der Waals surface area contributed by atoms with Gasteiger partial charge in [0, 0.05) is 0 Å². The van der Waals surface area contributed by atoms with Crippen molar-refractivity contribution in [3.05, 3.63) is 0 Å². The van der Waals surface area contributed by atoms with E-state index in [0.717, 1.165) is 0 Å². The van der Waals surface area contributed by atoms with Gasteiger partial charge in [-0.25, -0.2) is 8.93 Å². The van der Waals surface area contributed by atoms with Crippen molar-refractivity contribution in [3.63, 3.8) is 0 Å². The Morgan fingerprint density at radius 2 is 1.55 bits per heavy atom. The Balaban J connectivity index is 5.46. The number of carbonyl (C=O) groups excluding carboxylic acids is 1. The summed E-state index contributed by atoms with van der Waals surface area (Å²) >= 11 is 0. The van der Waals surface area contributed by atoms with Gasteiger partial charge < -0.3 is 4.74 Å². The summed E-state index contributed by atoms with van der Waals surface area (Å²) < 4.78 is 58.9. The first kappa shape index (κ1) is 21.4. The number of nitrogens with one attached hydrogen (secondary N) is 1. The van der Waals surface area contributed by atoms with Gasteiger partial charge in [-0.15, -0.1) is 0 Å². The zero-order valence-corrected chi connectivity index (χ0v) is 15.0. The highest BCUT2D eigenvalue weighted by atomic mass is 32.2. The van der Waals surface area contributed by atoms with Crippen molar-refractivity contribution >= 4 is 17.0 Å². The summed E-state index contributed by atoms with van der Waals surface area (Å²) in [6.07, 6.45) is -6.09. The summed E-state index contributed by atoms with van der Waals surface area (Å²) in [7, 11) is -1.97. The van der Waals surface area contributed by atoms with E-state index in [-0.39, 0.29) is 0 Å². The standard InChI is InChI=1S/C14H26F3NO3S/c1-8-13(14(15,16)17,18-22(20)12(5,6)7)9-10(19)21-11(2,3)4/h18H,8-9H2,1-7H3/t13-,22+/m1/s1. The minimum Gasteiger partial charge on any atom is -0.460 e. The van der Waals surface area contributed by atoms with Crippen LogP contribution in [0.3, 0.4) is 0 Å². The lowest BCUT2D eigenvalue weighted by molar-refractivity contribution is -0.202. The Morgan fingerprint density at radius 3 is 1.82 bits per heavy atom. The van der Waals surface area contributed by atoms with Crippen LogP contribution in [0.25, 0.3) is 0 Å². The zero-order chi connectivity index (χ0) is 18.0. The van der Waals surface area contributed by atoms with Gasteiger partial charge in [0.15, 0.2) is 0 Å². The molecular weight excluding hydrogens is 319 g/mol. The van der Waals surface area contributed by atoms with Gasteiger partial charge in [0.05, 0.1) is 22.2 Å². The maximum atomic E-state index is 13.5. The summed E-state index contributed by atoms with van der Waals surface area (Å²) in [5, 5.41) is 0. The van der Waals surface area contributed by atoms with Crippen molar-refractivity contribution in [3.8, 4) is 0 Å². The molecule has 0 amide bonds. The molecular formula is C14H26F3NO3S. The predicted octanol–water partition coefficient (Wildman–Crippen LogP) is 3.48. The van der Waals surface area contributed by atoms with Gasteiger partial charge in [-0.1, -0.05) is 6.92 Å². The van der Waals surface area contributed by atoms with Crippen LogP contribution in [0.2, 0.25) is 0 Å². The number of halogens is 3. The van der Waals surface area contributed by atoms with E-state index in [9.17, 15) is 22.2 Å². The van der Waals surface area contributed by atoms with E-state index in [1.165, 1.54) is 6.92 Å². The largest absolute Gasteiger partial charge is 0.460 e. The number of alkyl halides is 3. The van der Waals surface area contributed by atoms with E-state index in [2.05, 4.69) is 4.72 Å². The van der Waals surface area contributed by atoms with Crippen LogP contribution in [0.1, 0.15) is 61.3 Å². The van der Waals surface area contributed by atoms with Crippen LogP contribution in [0.5, 0.6) is 0 Å². The number of hydrogen-bond donors (Lipinski definition) is 1. The Bertz CT molecular complexity index is 425. The number of carbonyl (C=O) groups is 1. The first-order chi connectivity index (χ1) is 9.54. The maximum Gasteiger partial charge on any atom is 0.408 e. The van der Waals surface area contributed by atoms with E-state index in [0.29, 0.717) is 0 Å². The van der Waals surface area contributed by atoms with Gasteiger partial charge in [-0.3, -0.25) is 4.79 Å². The Hall–Kier alpha value is -0.630. The molecule has 0 heterocycles. The molecule has 0 aliphatic heterocycles. The normalized spacial score (nSPS) is 17.7. The van der Waals surface area contributed by atoms with Gasteiger partial charge in [-0.2, -0.15) is 13.2 Å². The Kier molecular flexibility index (Phi) is 6.67. The second kappa shape index (κ2) is 6.86. The molecule has 0 radical (unpaired) electrons. The maximum absolute atomic E-state index is 13.5. The Morgan fingerprint density at radius 1 is 1.09 bits per heavy atom. The SMILES string of the molecule is CC[C@](CC(=O)OC(C)(C)C)(N[S@@](=O)C(C)(C)C)C(F)(F)F. The third-order valence-corrected chi connectivity index (χ3v) is 4.55. The van der Waals surface area contributed by atoms with E-state index in [1.54, 1.807) is 41.5 Å². The molecule has 0 aliphatic carbocycles. The van der Waals surface area contributed by atoms with E-state index in [4.69, 9.17) is 4.74 Å². The predicted molar refractivity (Wildman–Crippen MR) is 80.6 cm³/mol. The fraction of sp³-hybridized carbons (Fsp3) is 0.929. The highest BCUT2D eigenvalue weighted by Gasteiger charge is 2.56. The first-order valence-electron chi connectivity index (χ1n) is 7.02. The van der Waals surface area contributed by atoms with Crippen molar-refractivity contribution in [2.75, 3.05) is 0 Å². The van der Waals surface area contributed by atoms with Crippen molar-refractivity contribution in [2.24, 2.45) is 0 Å². The smallest absolute Gasteiger partial charge is 0.408 e. The topological polar surface area (TPSA) is 55.4 Å². The van der Waals surface area contributed by atoms with Crippen LogP contribution in [0.4, 0.5) is 13.2 Å². The van der Waals surface area contributed by atoms with Gasteiger partial charge in [-0.05, 0) is 48.0 Å². The van der Waals surface area contributed by atoms with Crippen LogP contribution in [0.15, 0.2) is 0 Å². The van der Waals surface area contributed by atoms with Gasteiger partial charge in [0.25, 0.3) is 0 Å². The molecule has 0 saturated heterocycles. The van der Waals surface area contributed by atoms with Crippen LogP contribution in [-0.2, 0) is 20.5 Å². The molecule has 0 bridgehead atoms. The second-order valence-corrected chi connectivity index (χ2v) is 9.15. The number of esters is 1. The molecule has 0 saturated carbocycles. The van der Waals surface area contributed by atoms with Crippen LogP contribution in [-0.4, -0.2) is 32.2 Å². The summed E-state index contributed by atoms with van der Waals surface area (Å²) in [6, 6.07) is 0. The lowest BCUT2D eigenvalue weighted by atomic mass is 9.92. The monoisotopic (exact) mass is 345 g/mol. The highest BCUT2D eigenvalue weighted by Crippen LogP contribution is 2.37. The lowest BCUT2D eigenvalue weighted by Crippen LogP contribution is -2.60. The minimum atomic E-state index is -4.74. The Labute approximate surface area is 132 Å². The molecule has 4 nitrogen and oxygen atoms in total. The highest BCUT2D eigenvalue weighted by molar-refractivity contribution is 7.84. The van der Waals surface area contributed by atoms with Crippen molar-refractivity contribution < 1.29 is 26.9 Å². The molecule has 0 aliphatic rings. The fourth-order valence-corrected chi connectivity index (χ4v) is 2.54. The fourth-order valence-electron chi connectivity index (χ4n) is 1.55. The summed E-state index contributed by atoms with van der Waals surface area (Å²) in [5.41, 5.74) is -3.46. The molecule has 1 N–H and O–H groups in total. The summed E-state index contributed by atoms with van der Waals surface area (Å²) in [4.78, 5) is 11.8. The third kappa shape index (κ3) is 6.24. The summed E-state index contributed by atoms with van der Waals surface area (Å²) in [5.74, 6) is -0.981. The van der Waals surface area contributed by atoms with Crippen molar-refractivity contribution in [1.82, 2.24) is 4.72 Å². The molecule has 0 rings (SSSR count). The molecule has 0 fully saturated rings. The minimum absolute atomic E-state index is 0.433. The van der Waals surface area contributed by atoms with Crippen LogP contribution in [0, 0.1) is 0 Å². The molecule has 2 atom stereocenters. The van der Waals surface area contributed by atoms with Crippen LogP contribution >= 0.6 is 0 Å². The van der Waals surface area contributed by atoms with Crippen molar-refractivity contribution in [1.29, 1.82) is 0 Å². The van der Waals surface area contributed by atoms with Gasteiger partial charge in [0.1, 0.15) is 11.1 Å². The number of ether oxygens (including phenoxy) is 1. The molecule has 132 valence electrons. The van der Waals surface area contributed by atoms with Gasteiger partial charge >= 0.3 is 12.1 Å². The van der Waals surface area contributed by atoms with E-state index >= 15 is 0 Å².